The first-order valence-electron chi connectivity index (χ1n) is 6.42. The van der Waals surface area contributed by atoms with Gasteiger partial charge in [-0.1, -0.05) is 41.7 Å². The molecule has 1 aromatic carbocycles. The van der Waals surface area contributed by atoms with E-state index in [4.69, 9.17) is 4.74 Å². The highest BCUT2D eigenvalue weighted by atomic mass is 32.1. The van der Waals surface area contributed by atoms with E-state index in [1.165, 1.54) is 5.56 Å². The van der Waals surface area contributed by atoms with E-state index < -0.39 is 0 Å². The molecule has 4 nitrogen and oxygen atoms in total. The first-order valence-corrected chi connectivity index (χ1v) is 7.24. The molecule has 2 heterocycles. The average Bonchev–Trinajstić information content (AvgIpc) is 2.87. The number of aromatic nitrogens is 2. The number of nitrogens with zero attached hydrogens (tertiary/aromatic N) is 3. The molecule has 1 saturated heterocycles. The summed E-state index contributed by atoms with van der Waals surface area (Å²) >= 11 is 1.64. The van der Waals surface area contributed by atoms with Crippen LogP contribution in [-0.2, 0) is 10.3 Å². The predicted octanol–water partition coefficient (Wildman–Crippen LogP) is 2.60. The third kappa shape index (κ3) is 2.48. The van der Waals surface area contributed by atoms with Gasteiger partial charge < -0.3 is 9.64 Å². The largest absolute Gasteiger partial charge is 0.367 e. The number of anilines is 1. The van der Waals surface area contributed by atoms with Crippen LogP contribution < -0.4 is 4.90 Å². The molecular weight excluding hydrogens is 258 g/mol. The normalized spacial score (nSPS) is 23.6. The summed E-state index contributed by atoms with van der Waals surface area (Å²) in [5, 5.41) is 10.3. The van der Waals surface area contributed by atoms with Crippen LogP contribution in [0, 0.1) is 6.92 Å². The predicted molar refractivity (Wildman–Crippen MR) is 76.6 cm³/mol. The first kappa shape index (κ1) is 12.6. The summed E-state index contributed by atoms with van der Waals surface area (Å²) in [4.78, 5) is 2.27. The molecule has 1 aromatic heterocycles. The van der Waals surface area contributed by atoms with E-state index in [2.05, 4.69) is 46.3 Å². The first-order chi connectivity index (χ1) is 9.17. The van der Waals surface area contributed by atoms with E-state index in [-0.39, 0.29) is 5.60 Å². The molecule has 0 aliphatic carbocycles. The number of ether oxygens (including phenoxy) is 1. The summed E-state index contributed by atoms with van der Waals surface area (Å²) in [6, 6.07) is 10.4. The summed E-state index contributed by atoms with van der Waals surface area (Å²) < 4.78 is 6.02. The van der Waals surface area contributed by atoms with Gasteiger partial charge in [0.25, 0.3) is 0 Å². The maximum Gasteiger partial charge on any atom is 0.208 e. The molecule has 3 rings (SSSR count). The second-order valence-corrected chi connectivity index (χ2v) is 6.13. The lowest BCUT2D eigenvalue weighted by Gasteiger charge is -2.40. The molecule has 5 heteroatoms. The van der Waals surface area contributed by atoms with Crippen LogP contribution in [0.4, 0.5) is 5.13 Å². The van der Waals surface area contributed by atoms with Gasteiger partial charge in [0, 0.05) is 6.54 Å². The molecular formula is C14H17N3OS. The molecule has 0 bridgehead atoms. The van der Waals surface area contributed by atoms with Crippen LogP contribution in [0.25, 0.3) is 0 Å². The van der Waals surface area contributed by atoms with Gasteiger partial charge in [0.2, 0.25) is 5.13 Å². The topological polar surface area (TPSA) is 38.2 Å². The summed E-state index contributed by atoms with van der Waals surface area (Å²) in [6.07, 6.45) is 0. The minimum Gasteiger partial charge on any atom is -0.367 e. The van der Waals surface area contributed by atoms with Crippen molar-refractivity contribution >= 4 is 16.5 Å². The molecule has 0 N–H and O–H groups in total. The maximum absolute atomic E-state index is 6.02. The van der Waals surface area contributed by atoms with E-state index in [1.54, 1.807) is 11.3 Å². The molecule has 0 amide bonds. The molecule has 0 radical (unpaired) electrons. The molecule has 1 unspecified atom stereocenters. The van der Waals surface area contributed by atoms with E-state index in [1.807, 2.05) is 13.0 Å². The number of aryl methyl sites for hydroxylation is 1. The van der Waals surface area contributed by atoms with Crippen molar-refractivity contribution in [3.63, 3.8) is 0 Å². The van der Waals surface area contributed by atoms with Gasteiger partial charge in [0.05, 0.1) is 13.2 Å². The van der Waals surface area contributed by atoms with E-state index in [0.717, 1.165) is 23.2 Å². The highest BCUT2D eigenvalue weighted by Gasteiger charge is 2.34. The van der Waals surface area contributed by atoms with Gasteiger partial charge in [0.1, 0.15) is 10.6 Å². The van der Waals surface area contributed by atoms with Gasteiger partial charge in [-0.2, -0.15) is 0 Å². The summed E-state index contributed by atoms with van der Waals surface area (Å²) in [5.74, 6) is 0. The van der Waals surface area contributed by atoms with Crippen molar-refractivity contribution in [2.24, 2.45) is 0 Å². The monoisotopic (exact) mass is 275 g/mol. The van der Waals surface area contributed by atoms with Crippen molar-refractivity contribution in [1.82, 2.24) is 10.2 Å². The number of hydrogen-bond donors (Lipinski definition) is 0. The Hall–Kier alpha value is -1.46. The van der Waals surface area contributed by atoms with Crippen molar-refractivity contribution in [3.05, 3.63) is 40.9 Å². The number of morpholine rings is 1. The van der Waals surface area contributed by atoms with Crippen LogP contribution >= 0.6 is 11.3 Å². The molecule has 2 aromatic rings. The lowest BCUT2D eigenvalue weighted by Crippen LogP contribution is -2.48. The molecule has 0 saturated carbocycles. The fourth-order valence-electron chi connectivity index (χ4n) is 2.41. The van der Waals surface area contributed by atoms with Crippen molar-refractivity contribution in [2.75, 3.05) is 24.6 Å². The molecule has 19 heavy (non-hydrogen) atoms. The number of benzene rings is 1. The third-order valence-corrected chi connectivity index (χ3v) is 4.34. The van der Waals surface area contributed by atoms with Gasteiger partial charge in [-0.15, -0.1) is 10.2 Å². The Balaban J connectivity index is 1.85. The zero-order valence-electron chi connectivity index (χ0n) is 11.2. The average molecular weight is 275 g/mol. The van der Waals surface area contributed by atoms with Crippen molar-refractivity contribution in [3.8, 4) is 0 Å². The smallest absolute Gasteiger partial charge is 0.208 e. The zero-order valence-corrected chi connectivity index (χ0v) is 12.0. The quantitative estimate of drug-likeness (QED) is 0.844. The Morgan fingerprint density at radius 3 is 2.74 bits per heavy atom. The van der Waals surface area contributed by atoms with Crippen LogP contribution in [0.5, 0.6) is 0 Å². The minimum atomic E-state index is -0.279. The van der Waals surface area contributed by atoms with Crippen LogP contribution in [0.15, 0.2) is 30.3 Å². The van der Waals surface area contributed by atoms with Crippen LogP contribution in [0.3, 0.4) is 0 Å². The van der Waals surface area contributed by atoms with Gasteiger partial charge in [0.15, 0.2) is 0 Å². The zero-order chi connectivity index (χ0) is 13.3. The van der Waals surface area contributed by atoms with Crippen LogP contribution in [0.2, 0.25) is 0 Å². The molecule has 0 spiro atoms. The lowest BCUT2D eigenvalue weighted by atomic mass is 9.94. The number of hydrogen-bond acceptors (Lipinski definition) is 5. The van der Waals surface area contributed by atoms with Gasteiger partial charge >= 0.3 is 0 Å². The maximum atomic E-state index is 6.02. The summed E-state index contributed by atoms with van der Waals surface area (Å²) in [7, 11) is 0. The summed E-state index contributed by atoms with van der Waals surface area (Å²) in [6.45, 7) is 6.52. The Kier molecular flexibility index (Phi) is 3.24. The van der Waals surface area contributed by atoms with Crippen molar-refractivity contribution in [2.45, 2.75) is 19.4 Å². The molecule has 1 aliphatic rings. The Labute approximate surface area is 117 Å². The second kappa shape index (κ2) is 4.90. The van der Waals surface area contributed by atoms with E-state index >= 15 is 0 Å². The molecule has 1 fully saturated rings. The highest BCUT2D eigenvalue weighted by molar-refractivity contribution is 7.15. The van der Waals surface area contributed by atoms with Crippen molar-refractivity contribution in [1.29, 1.82) is 0 Å². The van der Waals surface area contributed by atoms with Gasteiger partial charge in [-0.3, -0.25) is 0 Å². The Morgan fingerprint density at radius 2 is 2.05 bits per heavy atom. The molecule has 1 atom stereocenters. The molecule has 100 valence electrons. The van der Waals surface area contributed by atoms with Crippen LogP contribution in [-0.4, -0.2) is 29.9 Å². The van der Waals surface area contributed by atoms with E-state index in [0.29, 0.717) is 6.61 Å². The highest BCUT2D eigenvalue weighted by Crippen LogP contribution is 2.32. The third-order valence-electron chi connectivity index (χ3n) is 3.44. The van der Waals surface area contributed by atoms with Gasteiger partial charge in [-0.25, -0.2) is 0 Å². The molecule has 1 aliphatic heterocycles. The lowest BCUT2D eigenvalue weighted by molar-refractivity contribution is -0.0466. The Bertz CT molecular complexity index is 557. The minimum absolute atomic E-state index is 0.279. The standard InChI is InChI=1S/C14H17N3OS/c1-11-15-16-13(19-11)17-8-9-18-14(2,10-17)12-6-4-3-5-7-12/h3-7H,8-10H2,1-2H3. The summed E-state index contributed by atoms with van der Waals surface area (Å²) in [5.41, 5.74) is 0.931. The van der Waals surface area contributed by atoms with Gasteiger partial charge in [-0.05, 0) is 19.4 Å². The number of rotatable bonds is 2. The van der Waals surface area contributed by atoms with Crippen molar-refractivity contribution < 1.29 is 4.74 Å². The fourth-order valence-corrected chi connectivity index (χ4v) is 3.12. The SMILES string of the molecule is Cc1nnc(N2CCOC(C)(c3ccccc3)C2)s1. The second-order valence-electron chi connectivity index (χ2n) is 4.97. The van der Waals surface area contributed by atoms with E-state index in [9.17, 15) is 0 Å². The van der Waals surface area contributed by atoms with Crippen LogP contribution in [0.1, 0.15) is 17.5 Å². The Morgan fingerprint density at radius 1 is 1.26 bits per heavy atom. The fraction of sp³-hybridized carbons (Fsp3) is 0.429.